The summed E-state index contributed by atoms with van der Waals surface area (Å²) < 4.78 is 10.0. The number of rotatable bonds is 5. The van der Waals surface area contributed by atoms with E-state index >= 15 is 0 Å². The van der Waals surface area contributed by atoms with Gasteiger partial charge < -0.3 is 15.8 Å². The first-order valence-corrected chi connectivity index (χ1v) is 11.4. The lowest BCUT2D eigenvalue weighted by Gasteiger charge is -2.30. The molecule has 2 aliphatic carbocycles. The molecular weight excluding hydrogens is 398 g/mol. The molecule has 1 aromatic rings. The lowest BCUT2D eigenvalue weighted by atomic mass is 9.91. The van der Waals surface area contributed by atoms with Crippen molar-refractivity contribution in [2.45, 2.75) is 58.2 Å². The number of methoxy groups -OCH3 is 1. The van der Waals surface area contributed by atoms with E-state index in [2.05, 4.69) is 14.7 Å². The molecule has 0 spiro atoms. The van der Waals surface area contributed by atoms with Crippen molar-refractivity contribution in [2.75, 3.05) is 12.9 Å². The fourth-order valence-electron chi connectivity index (χ4n) is 4.51. The van der Waals surface area contributed by atoms with Crippen LogP contribution in [-0.2, 0) is 6.54 Å². The molecule has 9 heteroatoms. The summed E-state index contributed by atoms with van der Waals surface area (Å²) in [5, 5.41) is 15.2. The van der Waals surface area contributed by atoms with Gasteiger partial charge >= 0.3 is 0 Å². The van der Waals surface area contributed by atoms with Gasteiger partial charge in [0.1, 0.15) is 18.0 Å². The summed E-state index contributed by atoms with van der Waals surface area (Å²) in [6, 6.07) is 0.904. The van der Waals surface area contributed by atoms with Crippen molar-refractivity contribution in [3.05, 3.63) is 34.2 Å². The van der Waals surface area contributed by atoms with Crippen LogP contribution in [0.25, 0.3) is 0 Å². The van der Waals surface area contributed by atoms with E-state index in [4.69, 9.17) is 20.7 Å². The third-order valence-electron chi connectivity index (χ3n) is 6.32. The van der Waals surface area contributed by atoms with Gasteiger partial charge in [0.2, 0.25) is 0 Å². The molecule has 1 aromatic heterocycles. The van der Waals surface area contributed by atoms with Gasteiger partial charge in [-0.05, 0) is 44.2 Å². The van der Waals surface area contributed by atoms with Crippen LogP contribution >= 0.6 is 11.9 Å². The van der Waals surface area contributed by atoms with Gasteiger partial charge in [-0.2, -0.15) is 19.7 Å². The zero-order chi connectivity index (χ0) is 20.8. The van der Waals surface area contributed by atoms with E-state index in [1.54, 1.807) is 12.2 Å². The molecule has 0 amide bonds. The second-order valence-corrected chi connectivity index (χ2v) is 9.00. The van der Waals surface area contributed by atoms with E-state index < -0.39 is 0 Å². The Morgan fingerprint density at radius 3 is 2.87 bits per heavy atom. The molecule has 0 aromatic carbocycles. The van der Waals surface area contributed by atoms with Crippen molar-refractivity contribution in [3.63, 3.8) is 0 Å². The predicted molar refractivity (Wildman–Crippen MR) is 121 cm³/mol. The topological polar surface area (TPSA) is 100 Å². The van der Waals surface area contributed by atoms with Gasteiger partial charge in [-0.25, -0.2) is 0 Å². The quantitative estimate of drug-likeness (QED) is 0.703. The van der Waals surface area contributed by atoms with Crippen LogP contribution in [0.1, 0.15) is 42.5 Å². The number of ether oxygens (including phenoxy) is 1. The molecule has 0 bridgehead atoms. The minimum absolute atomic E-state index is 0.294. The van der Waals surface area contributed by atoms with Crippen LogP contribution < -0.4 is 15.8 Å². The average molecular weight is 426 g/mol. The van der Waals surface area contributed by atoms with E-state index in [1.165, 1.54) is 36.8 Å². The summed E-state index contributed by atoms with van der Waals surface area (Å²) in [4.78, 5) is 4.61. The first-order chi connectivity index (χ1) is 14.5. The zero-order valence-corrected chi connectivity index (χ0v) is 18.4. The van der Waals surface area contributed by atoms with Gasteiger partial charge in [-0.15, -0.1) is 0 Å². The Balaban J connectivity index is 1.47. The average Bonchev–Trinajstić information content (AvgIpc) is 2.94. The van der Waals surface area contributed by atoms with Crippen molar-refractivity contribution in [3.8, 4) is 5.75 Å². The Hall–Kier alpha value is -2.39. The Kier molecular flexibility index (Phi) is 5.02. The molecule has 1 unspecified atom stereocenters. The number of aryl methyl sites for hydroxylation is 1. The number of pyridine rings is 1. The third kappa shape index (κ3) is 3.30. The van der Waals surface area contributed by atoms with E-state index in [0.29, 0.717) is 24.5 Å². The van der Waals surface area contributed by atoms with Gasteiger partial charge in [0.05, 0.1) is 18.5 Å². The van der Waals surface area contributed by atoms with Crippen LogP contribution in [0.15, 0.2) is 31.9 Å². The van der Waals surface area contributed by atoms with Crippen LogP contribution in [0, 0.1) is 13.8 Å². The van der Waals surface area contributed by atoms with Gasteiger partial charge in [0.15, 0.2) is 5.84 Å². The van der Waals surface area contributed by atoms with E-state index in [1.807, 2.05) is 20.0 Å². The maximum atomic E-state index is 6.30. The largest absolute Gasteiger partial charge is 0.496 e. The molecule has 30 heavy (non-hydrogen) atoms. The summed E-state index contributed by atoms with van der Waals surface area (Å²) in [5.41, 5.74) is 13.4. The van der Waals surface area contributed by atoms with Crippen LogP contribution in [0.4, 0.5) is 0 Å². The smallest absolute Gasteiger partial charge is 0.160 e. The number of hydrogen-bond donors (Lipinski definition) is 2. The highest BCUT2D eigenvalue weighted by atomic mass is 32.2. The molecular formula is C21H27N7OS. The normalized spacial score (nSPS) is 23.4. The Morgan fingerprint density at radius 1 is 1.30 bits per heavy atom. The lowest BCUT2D eigenvalue weighted by molar-refractivity contribution is 0.287. The lowest BCUT2D eigenvalue weighted by Crippen LogP contribution is -2.42. The number of nitrogens with one attached hydrogen (secondary N) is 1. The van der Waals surface area contributed by atoms with E-state index in [-0.39, 0.29) is 0 Å². The van der Waals surface area contributed by atoms with Crippen LogP contribution in [-0.4, -0.2) is 52.3 Å². The number of nitrogens with two attached hydrogens (primary N) is 1. The van der Waals surface area contributed by atoms with Crippen LogP contribution in [0.3, 0.4) is 0 Å². The van der Waals surface area contributed by atoms with Gasteiger partial charge in [0.25, 0.3) is 0 Å². The highest BCUT2D eigenvalue weighted by molar-refractivity contribution is 7.98. The molecule has 0 radical (unpaired) electrons. The first kappa shape index (κ1) is 19.6. The molecule has 4 aliphatic rings. The molecule has 1 saturated carbocycles. The van der Waals surface area contributed by atoms with Crippen molar-refractivity contribution in [1.29, 1.82) is 0 Å². The Morgan fingerprint density at radius 2 is 2.13 bits per heavy atom. The van der Waals surface area contributed by atoms with Gasteiger partial charge in [0, 0.05) is 47.2 Å². The SMILES string of the molecule is COc1c(C)cnc(CN2N=C3CC(NC4CCC4)C4=C3C(=N2)C(N)=NSC4)c1C. The molecule has 8 nitrogen and oxygen atoms in total. The van der Waals surface area contributed by atoms with Gasteiger partial charge in [-0.3, -0.25) is 4.98 Å². The molecule has 158 valence electrons. The third-order valence-corrected chi connectivity index (χ3v) is 7.09. The molecule has 3 N–H and O–H groups in total. The summed E-state index contributed by atoms with van der Waals surface area (Å²) in [7, 11) is 1.69. The molecule has 1 fully saturated rings. The standard InChI is InChI=1S/C21H27N7OS/c1-11-8-23-17(12(2)20(11)29-3)9-28-25-16-7-15(24-13-5-4-6-13)14-10-30-27-21(22)19(26-28)18(14)16/h8,13,15,24H,4-7,9-10H2,1-3H3,(H2,22,27). The van der Waals surface area contributed by atoms with Crippen molar-refractivity contribution in [2.24, 2.45) is 20.3 Å². The molecule has 3 heterocycles. The number of hydrogen-bond acceptors (Lipinski definition) is 9. The fraction of sp³-hybridized carbons (Fsp3) is 0.524. The number of aromatic nitrogens is 1. The summed E-state index contributed by atoms with van der Waals surface area (Å²) in [6.45, 7) is 4.48. The van der Waals surface area contributed by atoms with Crippen molar-refractivity contribution >= 4 is 29.2 Å². The summed E-state index contributed by atoms with van der Waals surface area (Å²) >= 11 is 1.50. The monoisotopic (exact) mass is 425 g/mol. The second kappa shape index (κ2) is 7.70. The maximum Gasteiger partial charge on any atom is 0.160 e. The van der Waals surface area contributed by atoms with Crippen molar-refractivity contribution in [1.82, 2.24) is 15.4 Å². The number of hydrazone groups is 2. The Labute approximate surface area is 180 Å². The van der Waals surface area contributed by atoms with E-state index in [0.717, 1.165) is 51.7 Å². The fourth-order valence-corrected chi connectivity index (χ4v) is 5.28. The highest BCUT2D eigenvalue weighted by Crippen LogP contribution is 2.36. The molecule has 0 saturated heterocycles. The minimum atomic E-state index is 0.294. The number of amidine groups is 1. The van der Waals surface area contributed by atoms with E-state index in [9.17, 15) is 0 Å². The molecule has 1 atom stereocenters. The first-order valence-electron chi connectivity index (χ1n) is 10.4. The predicted octanol–water partition coefficient (Wildman–Crippen LogP) is 2.46. The number of nitrogens with zero attached hydrogens (tertiary/aromatic N) is 5. The molecule has 2 aliphatic heterocycles. The highest BCUT2D eigenvalue weighted by Gasteiger charge is 2.39. The summed E-state index contributed by atoms with van der Waals surface area (Å²) in [6.07, 6.45) is 6.53. The maximum absolute atomic E-state index is 6.30. The van der Waals surface area contributed by atoms with Gasteiger partial charge in [-0.1, -0.05) is 6.42 Å². The Bertz CT molecular complexity index is 1010. The summed E-state index contributed by atoms with van der Waals surface area (Å²) in [5.74, 6) is 2.16. The minimum Gasteiger partial charge on any atom is -0.496 e. The van der Waals surface area contributed by atoms with Crippen LogP contribution in [0.2, 0.25) is 0 Å². The second-order valence-electron chi connectivity index (χ2n) is 8.27. The van der Waals surface area contributed by atoms with Crippen LogP contribution in [0.5, 0.6) is 5.75 Å². The zero-order valence-electron chi connectivity index (χ0n) is 17.6. The molecule has 5 rings (SSSR count). The van der Waals surface area contributed by atoms with Crippen molar-refractivity contribution < 1.29 is 4.74 Å².